The van der Waals surface area contributed by atoms with Gasteiger partial charge in [-0.1, -0.05) is 38.1 Å². The number of benzene rings is 1. The molecule has 20 heavy (non-hydrogen) atoms. The maximum absolute atomic E-state index is 12.7. The number of nitrogens with zero attached hydrogens (tertiary/aromatic N) is 1. The van der Waals surface area contributed by atoms with Gasteiger partial charge in [-0.25, -0.2) is 0 Å². The van der Waals surface area contributed by atoms with Gasteiger partial charge in [-0.3, -0.25) is 4.79 Å². The number of aliphatic hydroxyl groups is 1. The first-order valence-electron chi connectivity index (χ1n) is 7.22. The Labute approximate surface area is 124 Å². The Kier molecular flexibility index (Phi) is 3.55. The predicted molar refractivity (Wildman–Crippen MR) is 81.9 cm³/mol. The van der Waals surface area contributed by atoms with Gasteiger partial charge in [0.2, 0.25) is 0 Å². The van der Waals surface area contributed by atoms with E-state index in [2.05, 4.69) is 13.8 Å². The molecule has 3 nitrogen and oxygen atoms in total. The molecule has 0 aromatic heterocycles. The predicted octanol–water partition coefficient (Wildman–Crippen LogP) is 1.87. The van der Waals surface area contributed by atoms with Crippen LogP contribution < -0.4 is 0 Å². The summed E-state index contributed by atoms with van der Waals surface area (Å²) in [6.45, 7) is 5.78. The minimum Gasteiger partial charge on any atom is -0.379 e. The number of carbonyl (C=O) groups is 1. The van der Waals surface area contributed by atoms with Crippen LogP contribution in [0.1, 0.15) is 25.0 Å². The molecule has 2 unspecified atom stereocenters. The van der Waals surface area contributed by atoms with Gasteiger partial charge in [0.05, 0.1) is 0 Å². The first-order valence-corrected chi connectivity index (χ1v) is 8.16. The molecule has 0 spiro atoms. The smallest absolute Gasteiger partial charge is 0.255 e. The van der Waals surface area contributed by atoms with Crippen LogP contribution >= 0.6 is 11.8 Å². The van der Waals surface area contributed by atoms with Crippen LogP contribution in [0.5, 0.6) is 0 Å². The third kappa shape index (κ3) is 2.47. The van der Waals surface area contributed by atoms with E-state index in [-0.39, 0.29) is 5.91 Å². The lowest BCUT2D eigenvalue weighted by Gasteiger charge is -2.38. The third-order valence-electron chi connectivity index (χ3n) is 4.19. The van der Waals surface area contributed by atoms with Crippen molar-refractivity contribution in [2.45, 2.75) is 42.8 Å². The topological polar surface area (TPSA) is 40.5 Å². The lowest BCUT2D eigenvalue weighted by Crippen LogP contribution is -2.54. The molecule has 2 atom stereocenters. The van der Waals surface area contributed by atoms with Gasteiger partial charge in [0.25, 0.3) is 5.91 Å². The lowest BCUT2D eigenvalue weighted by atomic mass is 9.98. The van der Waals surface area contributed by atoms with Gasteiger partial charge >= 0.3 is 0 Å². The van der Waals surface area contributed by atoms with Crippen molar-refractivity contribution < 1.29 is 9.90 Å². The fraction of sp³-hybridized carbons (Fsp3) is 0.562. The second-order valence-electron chi connectivity index (χ2n) is 6.12. The van der Waals surface area contributed by atoms with Crippen molar-refractivity contribution in [2.75, 3.05) is 13.1 Å². The number of thioether (sulfide) groups is 1. The summed E-state index contributed by atoms with van der Waals surface area (Å²) in [6.07, 6.45) is 0.906. The second kappa shape index (κ2) is 5.08. The number of carbonyl (C=O) groups excluding carboxylic acids is 1. The third-order valence-corrected chi connectivity index (χ3v) is 5.42. The highest BCUT2D eigenvalue weighted by atomic mass is 32.2. The highest BCUT2D eigenvalue weighted by Crippen LogP contribution is 2.33. The SMILES string of the molecule is CC1CN(C(=O)C2(O)Cc3ccccc3C2)CC(C)S1. The Morgan fingerprint density at radius 1 is 1.20 bits per heavy atom. The van der Waals surface area contributed by atoms with Crippen LogP contribution in [0.2, 0.25) is 0 Å². The van der Waals surface area contributed by atoms with Gasteiger partial charge in [-0.2, -0.15) is 11.8 Å². The Balaban J connectivity index is 1.78. The summed E-state index contributed by atoms with van der Waals surface area (Å²) in [5.74, 6) is -0.0901. The number of hydrogen-bond donors (Lipinski definition) is 1. The zero-order valence-corrected chi connectivity index (χ0v) is 12.8. The average molecular weight is 291 g/mol. The lowest BCUT2D eigenvalue weighted by molar-refractivity contribution is -0.150. The standard InChI is InChI=1S/C16H21NO2S/c1-11-9-17(10-12(2)20-11)15(18)16(19)7-13-5-3-4-6-14(13)8-16/h3-6,11-12,19H,7-10H2,1-2H3. The van der Waals surface area contributed by atoms with Crippen molar-refractivity contribution in [3.8, 4) is 0 Å². The monoisotopic (exact) mass is 291 g/mol. The van der Waals surface area contributed by atoms with Crippen molar-refractivity contribution in [3.63, 3.8) is 0 Å². The summed E-state index contributed by atoms with van der Waals surface area (Å²) in [6, 6.07) is 7.96. The second-order valence-corrected chi connectivity index (χ2v) is 8.00. The van der Waals surface area contributed by atoms with Crippen molar-refractivity contribution >= 4 is 17.7 Å². The summed E-state index contributed by atoms with van der Waals surface area (Å²) in [5, 5.41) is 11.7. The van der Waals surface area contributed by atoms with Crippen LogP contribution in [-0.4, -0.2) is 45.1 Å². The van der Waals surface area contributed by atoms with Crippen molar-refractivity contribution in [3.05, 3.63) is 35.4 Å². The van der Waals surface area contributed by atoms with Crippen LogP contribution in [0.3, 0.4) is 0 Å². The number of rotatable bonds is 1. The summed E-state index contributed by atoms with van der Waals surface area (Å²) in [5.41, 5.74) is 0.983. The van der Waals surface area contributed by atoms with Crippen LogP contribution in [0, 0.1) is 0 Å². The molecule has 1 saturated heterocycles. The zero-order valence-electron chi connectivity index (χ0n) is 12.0. The molecule has 1 aromatic rings. The highest BCUT2D eigenvalue weighted by Gasteiger charge is 2.45. The van der Waals surface area contributed by atoms with Crippen LogP contribution in [0.15, 0.2) is 24.3 Å². The normalized spacial score (nSPS) is 28.2. The molecular formula is C16H21NO2S. The number of hydrogen-bond acceptors (Lipinski definition) is 3. The molecule has 0 saturated carbocycles. The Morgan fingerprint density at radius 3 is 2.20 bits per heavy atom. The molecule has 0 radical (unpaired) electrons. The molecule has 0 bridgehead atoms. The molecule has 1 aliphatic heterocycles. The molecule has 1 fully saturated rings. The molecule has 1 amide bonds. The molecule has 1 aromatic carbocycles. The average Bonchev–Trinajstić information content (AvgIpc) is 2.74. The number of fused-ring (bicyclic) bond motifs is 1. The molecule has 2 aliphatic rings. The van der Waals surface area contributed by atoms with E-state index in [1.165, 1.54) is 0 Å². The van der Waals surface area contributed by atoms with Crippen molar-refractivity contribution in [2.24, 2.45) is 0 Å². The molecule has 1 N–H and O–H groups in total. The minimum absolute atomic E-state index is 0.0901. The zero-order chi connectivity index (χ0) is 14.3. The van der Waals surface area contributed by atoms with Crippen LogP contribution in [-0.2, 0) is 17.6 Å². The minimum atomic E-state index is -1.23. The van der Waals surface area contributed by atoms with Crippen molar-refractivity contribution in [1.29, 1.82) is 0 Å². The quantitative estimate of drug-likeness (QED) is 0.859. The molecule has 108 valence electrons. The van der Waals surface area contributed by atoms with Gasteiger partial charge < -0.3 is 10.0 Å². The summed E-state index contributed by atoms with van der Waals surface area (Å²) in [4.78, 5) is 14.6. The summed E-state index contributed by atoms with van der Waals surface area (Å²) in [7, 11) is 0. The van der Waals surface area contributed by atoms with E-state index in [1.54, 1.807) is 0 Å². The Hall–Kier alpha value is -1.00. The van der Waals surface area contributed by atoms with E-state index in [0.717, 1.165) is 24.2 Å². The van der Waals surface area contributed by atoms with E-state index < -0.39 is 5.60 Å². The van der Waals surface area contributed by atoms with Gasteiger partial charge in [0.15, 0.2) is 5.60 Å². The molecule has 1 aliphatic carbocycles. The van der Waals surface area contributed by atoms with E-state index in [1.807, 2.05) is 40.9 Å². The van der Waals surface area contributed by atoms with Crippen molar-refractivity contribution in [1.82, 2.24) is 4.90 Å². The maximum atomic E-state index is 12.7. The fourth-order valence-corrected chi connectivity index (χ4v) is 4.71. The van der Waals surface area contributed by atoms with Gasteiger partial charge in [0, 0.05) is 36.4 Å². The maximum Gasteiger partial charge on any atom is 0.255 e. The van der Waals surface area contributed by atoms with Gasteiger partial charge in [0.1, 0.15) is 0 Å². The highest BCUT2D eigenvalue weighted by molar-refractivity contribution is 8.00. The molecule has 4 heteroatoms. The van der Waals surface area contributed by atoms with Gasteiger partial charge in [-0.15, -0.1) is 0 Å². The van der Waals surface area contributed by atoms with Gasteiger partial charge in [-0.05, 0) is 11.1 Å². The Morgan fingerprint density at radius 2 is 1.70 bits per heavy atom. The largest absolute Gasteiger partial charge is 0.379 e. The summed E-state index contributed by atoms with van der Waals surface area (Å²) >= 11 is 1.92. The van der Waals surface area contributed by atoms with Crippen LogP contribution in [0.4, 0.5) is 0 Å². The Bertz CT molecular complexity index is 496. The first-order chi connectivity index (χ1) is 9.48. The molecule has 3 rings (SSSR count). The number of amides is 1. The van der Waals surface area contributed by atoms with E-state index in [0.29, 0.717) is 23.3 Å². The van der Waals surface area contributed by atoms with E-state index in [9.17, 15) is 9.90 Å². The first kappa shape index (κ1) is 14.0. The van der Waals surface area contributed by atoms with E-state index >= 15 is 0 Å². The molecular weight excluding hydrogens is 270 g/mol. The fourth-order valence-electron chi connectivity index (χ4n) is 3.38. The summed E-state index contributed by atoms with van der Waals surface area (Å²) < 4.78 is 0. The van der Waals surface area contributed by atoms with Crippen LogP contribution in [0.25, 0.3) is 0 Å². The van der Waals surface area contributed by atoms with E-state index in [4.69, 9.17) is 0 Å². The molecule has 1 heterocycles.